The molecule has 1 heterocycles. The lowest BCUT2D eigenvalue weighted by Crippen LogP contribution is -2.37. The lowest BCUT2D eigenvalue weighted by Gasteiger charge is -2.27. The van der Waals surface area contributed by atoms with E-state index in [2.05, 4.69) is 15.3 Å². The summed E-state index contributed by atoms with van der Waals surface area (Å²) in [7, 11) is 0. The van der Waals surface area contributed by atoms with Crippen LogP contribution in [0, 0.1) is 5.41 Å². The van der Waals surface area contributed by atoms with Gasteiger partial charge in [-0.2, -0.15) is 0 Å². The van der Waals surface area contributed by atoms with Gasteiger partial charge < -0.3 is 34.6 Å². The number of benzene rings is 1. The van der Waals surface area contributed by atoms with Crippen LogP contribution in [0.3, 0.4) is 0 Å². The minimum Gasteiger partial charge on any atom is -0.382 e. The fraction of sp³-hybridized carbons (Fsp3) is 0.577. The fourth-order valence-corrected chi connectivity index (χ4v) is 3.77. The average Bonchev–Trinajstić information content (AvgIpc) is 2.92. The van der Waals surface area contributed by atoms with E-state index in [-0.39, 0.29) is 18.6 Å². The first-order chi connectivity index (χ1) is 18.5. The summed E-state index contributed by atoms with van der Waals surface area (Å²) in [6.45, 7) is 8.06. The third-order valence-electron chi connectivity index (χ3n) is 5.60. The number of carbonyl (C=O) groups is 2. The smallest absolute Gasteiger partial charge is 0.248 e. The number of rotatable bonds is 19. The van der Waals surface area contributed by atoms with Gasteiger partial charge in [-0.15, -0.1) is 0 Å². The molecule has 0 fully saturated rings. The van der Waals surface area contributed by atoms with Crippen molar-refractivity contribution in [3.05, 3.63) is 45.3 Å². The van der Waals surface area contributed by atoms with Gasteiger partial charge in [0.15, 0.2) is 6.29 Å². The normalized spacial score (nSPS) is 13.1. The van der Waals surface area contributed by atoms with Crippen molar-refractivity contribution in [2.45, 2.75) is 26.3 Å². The SMILES string of the molecule is CC(C)Nc1cc(C2=CCN(C(=O)COCCOCCOCCOCCN=[N+]=[N-])CC2)cc(C=O)c1C=N. The summed E-state index contributed by atoms with van der Waals surface area (Å²) >= 11 is 0. The molecule has 1 aromatic carbocycles. The van der Waals surface area contributed by atoms with E-state index in [0.29, 0.717) is 83.4 Å². The van der Waals surface area contributed by atoms with Crippen LogP contribution in [0.5, 0.6) is 0 Å². The molecule has 1 aliphatic heterocycles. The highest BCUT2D eigenvalue weighted by Gasteiger charge is 2.19. The van der Waals surface area contributed by atoms with Gasteiger partial charge in [0.2, 0.25) is 5.91 Å². The van der Waals surface area contributed by atoms with Crippen molar-refractivity contribution in [3.63, 3.8) is 0 Å². The molecule has 0 aromatic heterocycles. The van der Waals surface area contributed by atoms with Gasteiger partial charge in [0, 0.05) is 53.6 Å². The number of hydrogen-bond donors (Lipinski definition) is 2. The average molecular weight is 531 g/mol. The Kier molecular flexibility index (Phi) is 14.7. The second-order valence-corrected chi connectivity index (χ2v) is 8.75. The molecule has 0 bridgehead atoms. The van der Waals surface area contributed by atoms with Gasteiger partial charge in [-0.05, 0) is 49.1 Å². The minimum atomic E-state index is -0.0843. The Morgan fingerprint density at radius 3 is 2.34 bits per heavy atom. The van der Waals surface area contributed by atoms with Crippen LogP contribution < -0.4 is 5.32 Å². The Morgan fingerprint density at radius 1 is 1.13 bits per heavy atom. The lowest BCUT2D eigenvalue weighted by atomic mass is 9.94. The van der Waals surface area contributed by atoms with Crippen molar-refractivity contribution in [2.24, 2.45) is 5.11 Å². The molecular formula is C26H38N6O6. The predicted octanol–water partition coefficient (Wildman–Crippen LogP) is 3.31. The van der Waals surface area contributed by atoms with Crippen molar-refractivity contribution in [1.29, 1.82) is 5.41 Å². The van der Waals surface area contributed by atoms with E-state index in [9.17, 15) is 9.59 Å². The number of hydrogen-bond acceptors (Lipinski definition) is 9. The molecule has 0 saturated carbocycles. The molecule has 0 spiro atoms. The van der Waals surface area contributed by atoms with E-state index < -0.39 is 0 Å². The Hall–Kier alpha value is -3.28. The van der Waals surface area contributed by atoms with E-state index in [1.54, 1.807) is 11.0 Å². The molecule has 208 valence electrons. The first kappa shape index (κ1) is 30.9. The second kappa shape index (κ2) is 18.1. The first-order valence-corrected chi connectivity index (χ1v) is 12.7. The molecular weight excluding hydrogens is 492 g/mol. The van der Waals surface area contributed by atoms with Gasteiger partial charge in [-0.1, -0.05) is 11.2 Å². The molecule has 1 aromatic rings. The Labute approximate surface area is 223 Å². The Morgan fingerprint density at radius 2 is 1.79 bits per heavy atom. The molecule has 12 nitrogen and oxygen atoms in total. The fourth-order valence-electron chi connectivity index (χ4n) is 3.77. The van der Waals surface area contributed by atoms with E-state index in [1.165, 1.54) is 6.21 Å². The standard InChI is InChI=1S/C26H38N6O6/c1-20(2)30-25-16-22(15-23(18-33)24(25)17-27)21-3-6-32(7-4-21)26(34)19-38-14-13-37-12-11-36-10-9-35-8-5-29-31-28/h3,15-18,20,27,30H,4-14,19H2,1-2H3. The number of ether oxygens (including phenoxy) is 4. The molecule has 2 rings (SSSR count). The zero-order valence-electron chi connectivity index (χ0n) is 22.2. The van der Waals surface area contributed by atoms with Crippen LogP contribution >= 0.6 is 0 Å². The monoisotopic (exact) mass is 530 g/mol. The van der Waals surface area contributed by atoms with Crippen LogP contribution in [0.25, 0.3) is 16.0 Å². The molecule has 38 heavy (non-hydrogen) atoms. The maximum Gasteiger partial charge on any atom is 0.248 e. The minimum absolute atomic E-state index is 0.0119. The number of anilines is 1. The van der Waals surface area contributed by atoms with E-state index in [0.717, 1.165) is 23.1 Å². The molecule has 0 unspecified atom stereocenters. The number of nitrogens with one attached hydrogen (secondary N) is 2. The summed E-state index contributed by atoms with van der Waals surface area (Å²) in [6.07, 6.45) is 4.64. The molecule has 1 aliphatic rings. The van der Waals surface area contributed by atoms with Gasteiger partial charge in [-0.3, -0.25) is 9.59 Å². The second-order valence-electron chi connectivity index (χ2n) is 8.75. The van der Waals surface area contributed by atoms with E-state index >= 15 is 0 Å². The van der Waals surface area contributed by atoms with E-state index in [4.69, 9.17) is 29.9 Å². The third-order valence-corrected chi connectivity index (χ3v) is 5.60. The summed E-state index contributed by atoms with van der Waals surface area (Å²) in [5.74, 6) is -0.0843. The highest BCUT2D eigenvalue weighted by atomic mass is 16.6. The molecule has 0 saturated heterocycles. The summed E-state index contributed by atoms with van der Waals surface area (Å²) in [5, 5.41) is 14.4. The van der Waals surface area contributed by atoms with Crippen molar-refractivity contribution in [1.82, 2.24) is 4.90 Å². The first-order valence-electron chi connectivity index (χ1n) is 12.7. The molecule has 2 N–H and O–H groups in total. The van der Waals surface area contributed by atoms with Gasteiger partial charge in [0.25, 0.3) is 0 Å². The third kappa shape index (κ3) is 11.0. The maximum atomic E-state index is 12.5. The topological polar surface area (TPSA) is 159 Å². The highest BCUT2D eigenvalue weighted by Crippen LogP contribution is 2.29. The summed E-state index contributed by atoms with van der Waals surface area (Å²) in [4.78, 5) is 28.5. The molecule has 12 heteroatoms. The molecule has 0 aliphatic carbocycles. The Balaban J connectivity index is 1.66. The van der Waals surface area contributed by atoms with Crippen LogP contribution in [-0.2, 0) is 23.7 Å². The molecule has 1 amide bonds. The summed E-state index contributed by atoms with van der Waals surface area (Å²) in [5.41, 5.74) is 11.9. The number of nitrogens with zero attached hydrogens (tertiary/aromatic N) is 4. The zero-order chi connectivity index (χ0) is 27.6. The van der Waals surface area contributed by atoms with Crippen LogP contribution in [0.4, 0.5) is 5.69 Å². The Bertz CT molecular complexity index is 993. The van der Waals surface area contributed by atoms with Gasteiger partial charge in [-0.25, -0.2) is 0 Å². The van der Waals surface area contributed by atoms with Crippen LogP contribution in [0.15, 0.2) is 23.3 Å². The largest absolute Gasteiger partial charge is 0.382 e. The molecule has 0 atom stereocenters. The van der Waals surface area contributed by atoms with Crippen LogP contribution in [0.2, 0.25) is 0 Å². The lowest BCUT2D eigenvalue weighted by molar-refractivity contribution is -0.136. The highest BCUT2D eigenvalue weighted by molar-refractivity contribution is 5.98. The summed E-state index contributed by atoms with van der Waals surface area (Å²) in [6, 6.07) is 3.93. The number of aldehydes is 1. The molecule has 0 radical (unpaired) electrons. The number of amides is 1. The zero-order valence-corrected chi connectivity index (χ0v) is 22.2. The van der Waals surface area contributed by atoms with Gasteiger partial charge in [0.1, 0.15) is 6.61 Å². The van der Waals surface area contributed by atoms with E-state index in [1.807, 2.05) is 26.0 Å². The van der Waals surface area contributed by atoms with Crippen molar-refractivity contribution in [2.75, 3.05) is 77.8 Å². The van der Waals surface area contributed by atoms with Gasteiger partial charge in [0.05, 0.1) is 46.2 Å². The van der Waals surface area contributed by atoms with Crippen LogP contribution in [-0.4, -0.2) is 102 Å². The quantitative estimate of drug-likeness (QED) is 0.0693. The summed E-state index contributed by atoms with van der Waals surface area (Å²) < 4.78 is 21.5. The van der Waals surface area contributed by atoms with Crippen molar-refractivity contribution in [3.8, 4) is 0 Å². The van der Waals surface area contributed by atoms with Crippen LogP contribution in [0.1, 0.15) is 41.8 Å². The number of azide groups is 1. The number of carbonyl (C=O) groups excluding carboxylic acids is 2. The predicted molar refractivity (Wildman–Crippen MR) is 145 cm³/mol. The maximum absolute atomic E-state index is 12.5. The van der Waals surface area contributed by atoms with Crippen molar-refractivity contribution >= 4 is 29.7 Å². The van der Waals surface area contributed by atoms with Gasteiger partial charge >= 0.3 is 0 Å². The van der Waals surface area contributed by atoms with Crippen molar-refractivity contribution < 1.29 is 28.5 Å².